The highest BCUT2D eigenvalue weighted by Gasteiger charge is 2.14. The molecule has 1 aromatic heterocycles. The average molecular weight is 271 g/mol. The summed E-state index contributed by atoms with van der Waals surface area (Å²) in [6.07, 6.45) is 1.52. The predicted molar refractivity (Wildman–Crippen MR) is 74.7 cm³/mol. The summed E-state index contributed by atoms with van der Waals surface area (Å²) in [4.78, 5) is 27.2. The first-order valence-corrected chi connectivity index (χ1v) is 5.84. The molecule has 1 heterocycles. The van der Waals surface area contributed by atoms with Gasteiger partial charge in [-0.25, -0.2) is 4.79 Å². The molecule has 0 aliphatic rings. The Kier molecular flexibility index (Phi) is 3.65. The van der Waals surface area contributed by atoms with Gasteiger partial charge < -0.3 is 16.2 Å². The highest BCUT2D eigenvalue weighted by atomic mass is 16.4. The lowest BCUT2D eigenvalue weighted by Gasteiger charge is -2.09. The molecule has 1 aromatic carbocycles. The standard InChI is InChI=1S/C14H13N3O3/c1-8-6-9(4-5-16-8)13(18)17-12-7-10(15)2-3-11(12)14(19)20/h2-7H,15H2,1H3,(H,17,18)(H,19,20). The zero-order valence-electron chi connectivity index (χ0n) is 10.8. The number of amides is 1. The molecule has 1 amide bonds. The Labute approximate surface area is 115 Å². The molecule has 2 rings (SSSR count). The van der Waals surface area contributed by atoms with Crippen LogP contribution in [0.3, 0.4) is 0 Å². The summed E-state index contributed by atoms with van der Waals surface area (Å²) in [6, 6.07) is 7.40. The van der Waals surface area contributed by atoms with Crippen LogP contribution in [0, 0.1) is 6.92 Å². The molecule has 6 nitrogen and oxygen atoms in total. The number of carbonyl (C=O) groups excluding carboxylic acids is 1. The Bertz CT molecular complexity index is 683. The van der Waals surface area contributed by atoms with Gasteiger partial charge in [0.25, 0.3) is 5.91 Å². The van der Waals surface area contributed by atoms with E-state index in [1.807, 2.05) is 0 Å². The maximum Gasteiger partial charge on any atom is 0.337 e. The fourth-order valence-electron chi connectivity index (χ4n) is 1.73. The molecule has 4 N–H and O–H groups in total. The van der Waals surface area contributed by atoms with Gasteiger partial charge in [-0.2, -0.15) is 0 Å². The van der Waals surface area contributed by atoms with Crippen LogP contribution in [0.15, 0.2) is 36.5 Å². The number of carboxylic acids is 1. The summed E-state index contributed by atoms with van der Waals surface area (Å²) in [5, 5.41) is 11.6. The minimum atomic E-state index is -1.13. The molecule has 0 bridgehead atoms. The van der Waals surface area contributed by atoms with Gasteiger partial charge in [0.05, 0.1) is 11.3 Å². The number of pyridine rings is 1. The molecule has 0 unspecified atom stereocenters. The van der Waals surface area contributed by atoms with Gasteiger partial charge in [0.1, 0.15) is 0 Å². The van der Waals surface area contributed by atoms with Crippen molar-refractivity contribution in [2.45, 2.75) is 6.92 Å². The van der Waals surface area contributed by atoms with Crippen LogP contribution in [-0.2, 0) is 0 Å². The number of aromatic nitrogens is 1. The van der Waals surface area contributed by atoms with Crippen molar-refractivity contribution in [3.05, 3.63) is 53.3 Å². The Morgan fingerprint density at radius 2 is 2.00 bits per heavy atom. The van der Waals surface area contributed by atoms with E-state index in [1.165, 1.54) is 24.4 Å². The Morgan fingerprint density at radius 3 is 2.65 bits per heavy atom. The fourth-order valence-corrected chi connectivity index (χ4v) is 1.73. The van der Waals surface area contributed by atoms with Crippen LogP contribution < -0.4 is 11.1 Å². The summed E-state index contributed by atoms with van der Waals surface area (Å²) >= 11 is 0. The van der Waals surface area contributed by atoms with E-state index in [4.69, 9.17) is 10.8 Å². The number of rotatable bonds is 3. The molecule has 0 spiro atoms. The Hall–Kier alpha value is -2.89. The lowest BCUT2D eigenvalue weighted by atomic mass is 10.1. The largest absolute Gasteiger partial charge is 0.478 e. The molecule has 0 aliphatic heterocycles. The normalized spacial score (nSPS) is 10.1. The third-order valence-electron chi connectivity index (χ3n) is 2.68. The first kappa shape index (κ1) is 13.5. The predicted octanol–water partition coefficient (Wildman–Crippen LogP) is 1.92. The van der Waals surface area contributed by atoms with Gasteiger partial charge in [-0.15, -0.1) is 0 Å². The zero-order valence-corrected chi connectivity index (χ0v) is 10.8. The number of hydrogen-bond donors (Lipinski definition) is 3. The second-order valence-corrected chi connectivity index (χ2v) is 4.25. The van der Waals surface area contributed by atoms with E-state index in [0.29, 0.717) is 16.9 Å². The molecule has 0 fully saturated rings. The highest BCUT2D eigenvalue weighted by molar-refractivity contribution is 6.08. The van der Waals surface area contributed by atoms with Gasteiger partial charge >= 0.3 is 5.97 Å². The van der Waals surface area contributed by atoms with E-state index in [-0.39, 0.29) is 11.3 Å². The number of aryl methyl sites for hydroxylation is 1. The van der Waals surface area contributed by atoms with Crippen molar-refractivity contribution < 1.29 is 14.7 Å². The van der Waals surface area contributed by atoms with Crippen molar-refractivity contribution in [2.75, 3.05) is 11.1 Å². The summed E-state index contributed by atoms with van der Waals surface area (Å²) in [7, 11) is 0. The van der Waals surface area contributed by atoms with E-state index in [1.54, 1.807) is 19.1 Å². The van der Waals surface area contributed by atoms with Gasteiger partial charge in [0.2, 0.25) is 0 Å². The van der Waals surface area contributed by atoms with Crippen LogP contribution >= 0.6 is 0 Å². The molecule has 20 heavy (non-hydrogen) atoms. The SMILES string of the molecule is Cc1cc(C(=O)Nc2cc(N)ccc2C(=O)O)ccn1. The van der Waals surface area contributed by atoms with Crippen LogP contribution in [0.5, 0.6) is 0 Å². The molecule has 0 saturated heterocycles. The molecular formula is C14H13N3O3. The van der Waals surface area contributed by atoms with Crippen molar-refractivity contribution in [3.63, 3.8) is 0 Å². The number of nitrogens with one attached hydrogen (secondary N) is 1. The van der Waals surface area contributed by atoms with Gasteiger partial charge in [-0.1, -0.05) is 0 Å². The number of nitrogen functional groups attached to an aromatic ring is 1. The molecule has 0 atom stereocenters. The minimum Gasteiger partial charge on any atom is -0.478 e. The molecule has 2 aromatic rings. The maximum atomic E-state index is 12.1. The Morgan fingerprint density at radius 1 is 1.25 bits per heavy atom. The van der Waals surface area contributed by atoms with Crippen molar-refractivity contribution in [1.82, 2.24) is 4.98 Å². The topological polar surface area (TPSA) is 105 Å². The van der Waals surface area contributed by atoms with E-state index < -0.39 is 11.9 Å². The number of nitrogens with two attached hydrogens (primary N) is 1. The molecular weight excluding hydrogens is 258 g/mol. The van der Waals surface area contributed by atoms with Gasteiger partial charge in [0, 0.05) is 23.1 Å². The Balaban J connectivity index is 2.32. The average Bonchev–Trinajstić information content (AvgIpc) is 2.38. The second-order valence-electron chi connectivity index (χ2n) is 4.25. The second kappa shape index (κ2) is 5.40. The van der Waals surface area contributed by atoms with E-state index in [9.17, 15) is 9.59 Å². The number of benzene rings is 1. The van der Waals surface area contributed by atoms with Crippen molar-refractivity contribution in [3.8, 4) is 0 Å². The van der Waals surface area contributed by atoms with E-state index >= 15 is 0 Å². The smallest absolute Gasteiger partial charge is 0.337 e. The van der Waals surface area contributed by atoms with Crippen molar-refractivity contribution in [1.29, 1.82) is 0 Å². The summed E-state index contributed by atoms with van der Waals surface area (Å²) < 4.78 is 0. The van der Waals surface area contributed by atoms with E-state index in [2.05, 4.69) is 10.3 Å². The summed E-state index contributed by atoms with van der Waals surface area (Å²) in [6.45, 7) is 1.76. The quantitative estimate of drug-likeness (QED) is 0.739. The van der Waals surface area contributed by atoms with Gasteiger partial charge in [-0.05, 0) is 37.3 Å². The molecule has 0 aliphatic carbocycles. The van der Waals surface area contributed by atoms with Crippen LogP contribution in [0.1, 0.15) is 26.4 Å². The van der Waals surface area contributed by atoms with Crippen LogP contribution in [0.4, 0.5) is 11.4 Å². The number of carbonyl (C=O) groups is 2. The fraction of sp³-hybridized carbons (Fsp3) is 0.0714. The van der Waals surface area contributed by atoms with Crippen LogP contribution in [-0.4, -0.2) is 22.0 Å². The third-order valence-corrected chi connectivity index (χ3v) is 2.68. The number of carboxylic acid groups (broad SMARTS) is 1. The lowest BCUT2D eigenvalue weighted by molar-refractivity contribution is 0.0698. The monoisotopic (exact) mass is 271 g/mol. The number of aromatic carboxylic acids is 1. The van der Waals surface area contributed by atoms with Crippen LogP contribution in [0.25, 0.3) is 0 Å². The van der Waals surface area contributed by atoms with Gasteiger partial charge in [0.15, 0.2) is 0 Å². The van der Waals surface area contributed by atoms with E-state index in [0.717, 1.165) is 0 Å². The lowest BCUT2D eigenvalue weighted by Crippen LogP contribution is -2.15. The molecule has 0 radical (unpaired) electrons. The number of nitrogens with zero attached hydrogens (tertiary/aromatic N) is 1. The first-order valence-electron chi connectivity index (χ1n) is 5.84. The summed E-state index contributed by atoms with van der Waals surface area (Å²) in [5.74, 6) is -1.55. The highest BCUT2D eigenvalue weighted by Crippen LogP contribution is 2.20. The number of anilines is 2. The van der Waals surface area contributed by atoms with Crippen LogP contribution in [0.2, 0.25) is 0 Å². The third kappa shape index (κ3) is 2.92. The maximum absolute atomic E-state index is 12.1. The zero-order chi connectivity index (χ0) is 14.7. The molecule has 0 saturated carbocycles. The van der Waals surface area contributed by atoms with Gasteiger partial charge in [-0.3, -0.25) is 9.78 Å². The number of hydrogen-bond acceptors (Lipinski definition) is 4. The first-order chi connectivity index (χ1) is 9.47. The minimum absolute atomic E-state index is 0.0154. The molecule has 102 valence electrons. The van der Waals surface area contributed by atoms with Crippen molar-refractivity contribution in [2.24, 2.45) is 0 Å². The molecule has 6 heteroatoms. The summed E-state index contributed by atoms with van der Waals surface area (Å²) in [5.41, 5.74) is 7.23. The van der Waals surface area contributed by atoms with Crippen molar-refractivity contribution >= 4 is 23.3 Å².